The van der Waals surface area contributed by atoms with Crippen LogP contribution < -0.4 is 5.32 Å². The average molecular weight is 295 g/mol. The molecule has 1 aromatic carbocycles. The van der Waals surface area contributed by atoms with Gasteiger partial charge < -0.3 is 10.1 Å². The van der Waals surface area contributed by atoms with Crippen molar-refractivity contribution in [3.63, 3.8) is 0 Å². The summed E-state index contributed by atoms with van der Waals surface area (Å²) in [4.78, 5) is 28.8. The smallest absolute Gasteiger partial charge is 0.408 e. The first-order valence-electron chi connectivity index (χ1n) is 7.24. The van der Waals surface area contributed by atoms with Crippen molar-refractivity contribution in [3.05, 3.63) is 35.9 Å². The highest BCUT2D eigenvalue weighted by Crippen LogP contribution is 2.04. The van der Waals surface area contributed by atoms with Gasteiger partial charge in [-0.1, -0.05) is 43.7 Å². The molecule has 2 amide bonds. The highest BCUT2D eigenvalue weighted by Gasteiger charge is 2.23. The van der Waals surface area contributed by atoms with E-state index in [1.54, 1.807) is 0 Å². The van der Waals surface area contributed by atoms with Crippen molar-refractivity contribution in [1.29, 1.82) is 0 Å². The van der Waals surface area contributed by atoms with E-state index in [4.69, 9.17) is 10.9 Å². The molecule has 116 valence electrons. The van der Waals surface area contributed by atoms with Gasteiger partial charge in [-0.05, 0) is 12.0 Å². The summed E-state index contributed by atoms with van der Waals surface area (Å²) >= 11 is 0. The van der Waals surface area contributed by atoms with Crippen LogP contribution in [-0.2, 0) is 21.0 Å². The molecule has 0 aromatic heterocycles. The Morgan fingerprint density at radius 1 is 1.38 bits per heavy atom. The maximum Gasteiger partial charge on any atom is 0.408 e. The van der Waals surface area contributed by atoms with Crippen LogP contribution in [0.25, 0.3) is 0 Å². The van der Waals surface area contributed by atoms with Crippen LogP contribution >= 0.6 is 0 Å². The number of benzene rings is 1. The number of hydroxylamine groups is 2. The van der Waals surface area contributed by atoms with Crippen LogP contribution in [0.3, 0.4) is 0 Å². The molecule has 6 heteroatoms. The lowest BCUT2D eigenvalue weighted by molar-refractivity contribution is -0.171. The van der Waals surface area contributed by atoms with Gasteiger partial charge in [-0.25, -0.2) is 9.86 Å². The number of alkyl carbamates (subject to hydrolysis) is 1. The zero-order chi connectivity index (χ0) is 16.6. The van der Waals surface area contributed by atoms with E-state index in [1.807, 2.05) is 37.3 Å². The van der Waals surface area contributed by atoms with Crippen LogP contribution in [-0.4, -0.2) is 37.2 Å². The van der Waals surface area contributed by atoms with Gasteiger partial charge in [0, 0.05) is 7.05 Å². The van der Waals surface area contributed by atoms with E-state index in [1.165, 1.54) is 14.2 Å². The van der Waals surface area contributed by atoms with Crippen LogP contribution in [0.5, 0.6) is 0 Å². The molecule has 0 heterocycles. The highest BCUT2D eigenvalue weighted by molar-refractivity contribution is 5.84. The fourth-order valence-electron chi connectivity index (χ4n) is 1.63. The number of nitrogens with zero attached hydrogens (tertiary/aromatic N) is 1. The Kier molecular flexibility index (Phi) is 6.54. The molecule has 0 saturated carbocycles. The van der Waals surface area contributed by atoms with Crippen molar-refractivity contribution in [2.45, 2.75) is 32.4 Å². The van der Waals surface area contributed by atoms with E-state index in [2.05, 4.69) is 5.32 Å². The molecular formula is C15H22N2O4. The largest absolute Gasteiger partial charge is 0.445 e. The van der Waals surface area contributed by atoms with Gasteiger partial charge in [0.15, 0.2) is 0 Å². The fraction of sp³-hybridized carbons (Fsp3) is 0.467. The predicted molar refractivity (Wildman–Crippen MR) is 78.2 cm³/mol. The van der Waals surface area contributed by atoms with Crippen LogP contribution in [0.4, 0.5) is 4.79 Å². The Labute approximate surface area is 126 Å². The summed E-state index contributed by atoms with van der Waals surface area (Å²) in [5, 5.41) is 3.23. The average Bonchev–Trinajstić information content (AvgIpc) is 2.52. The number of hydrogen-bond donors (Lipinski definition) is 1. The van der Waals surface area contributed by atoms with Crippen molar-refractivity contribution in [2.75, 3.05) is 14.2 Å². The van der Waals surface area contributed by atoms with E-state index >= 15 is 0 Å². The Hall–Kier alpha value is -2.08. The second-order valence-electron chi connectivity index (χ2n) is 4.40. The normalized spacial score (nSPS) is 13.8. The van der Waals surface area contributed by atoms with Gasteiger partial charge >= 0.3 is 6.09 Å². The van der Waals surface area contributed by atoms with Gasteiger partial charge in [-0.3, -0.25) is 9.63 Å². The summed E-state index contributed by atoms with van der Waals surface area (Å²) in [7, 11) is 2.70. The second kappa shape index (κ2) is 8.97. The second-order valence-corrected chi connectivity index (χ2v) is 4.40. The third-order valence-electron chi connectivity index (χ3n) is 2.78. The van der Waals surface area contributed by atoms with Crippen LogP contribution in [0.2, 0.25) is 0 Å². The first-order chi connectivity index (χ1) is 10.4. The molecule has 0 unspecified atom stereocenters. The Bertz CT molecular complexity index is 498. The lowest BCUT2D eigenvalue weighted by atomic mass is 10.1. The van der Waals surface area contributed by atoms with Gasteiger partial charge in [0.2, 0.25) is 0 Å². The summed E-state index contributed by atoms with van der Waals surface area (Å²) in [6.07, 6.45) is -0.115. The lowest BCUT2D eigenvalue weighted by Crippen LogP contribution is -2.47. The van der Waals surface area contributed by atoms with Crippen LogP contribution in [0.1, 0.15) is 26.7 Å². The van der Waals surface area contributed by atoms with Crippen molar-refractivity contribution in [1.82, 2.24) is 10.4 Å². The fourth-order valence-corrected chi connectivity index (χ4v) is 1.63. The van der Waals surface area contributed by atoms with Gasteiger partial charge in [-0.2, -0.15) is 0 Å². The molecule has 0 fully saturated rings. The SMILES string of the molecule is [2H][C@@](CCC)(NC(=O)OCc1ccccc1)C(=O)N(C)OC. The van der Waals surface area contributed by atoms with Gasteiger partial charge in [0.1, 0.15) is 12.6 Å². The Morgan fingerprint density at radius 2 is 2.05 bits per heavy atom. The molecule has 0 aliphatic carbocycles. The van der Waals surface area contributed by atoms with Gasteiger partial charge in [0.25, 0.3) is 5.91 Å². The maximum atomic E-state index is 12.1. The molecule has 1 N–H and O–H groups in total. The summed E-state index contributed by atoms with van der Waals surface area (Å²) < 4.78 is 13.2. The number of ether oxygens (including phenoxy) is 1. The van der Waals surface area contributed by atoms with Gasteiger partial charge in [0.05, 0.1) is 8.48 Å². The third kappa shape index (κ3) is 5.83. The molecule has 1 rings (SSSR count). The topological polar surface area (TPSA) is 67.9 Å². The summed E-state index contributed by atoms with van der Waals surface area (Å²) in [6, 6.07) is 7.35. The molecule has 0 aliphatic heterocycles. The van der Waals surface area contributed by atoms with E-state index < -0.39 is 18.0 Å². The van der Waals surface area contributed by atoms with Crippen LogP contribution in [0.15, 0.2) is 30.3 Å². The van der Waals surface area contributed by atoms with E-state index in [9.17, 15) is 9.59 Å². The van der Waals surface area contributed by atoms with Crippen molar-refractivity contribution >= 4 is 12.0 Å². The third-order valence-corrected chi connectivity index (χ3v) is 2.78. The number of rotatable bonds is 7. The minimum atomic E-state index is -1.81. The summed E-state index contributed by atoms with van der Waals surface area (Å²) in [6.45, 7) is 1.89. The number of amides is 2. The molecule has 0 aliphatic rings. The molecule has 1 atom stereocenters. The minimum absolute atomic E-state index is 0.0726. The van der Waals surface area contributed by atoms with E-state index in [0.717, 1.165) is 10.6 Å². The zero-order valence-corrected chi connectivity index (χ0v) is 12.6. The quantitative estimate of drug-likeness (QED) is 0.782. The highest BCUT2D eigenvalue weighted by atomic mass is 16.7. The van der Waals surface area contributed by atoms with Crippen molar-refractivity contribution in [3.8, 4) is 0 Å². The predicted octanol–water partition coefficient (Wildman–Crippen LogP) is 2.10. The molecule has 0 spiro atoms. The Balaban J connectivity index is 2.65. The van der Waals surface area contributed by atoms with E-state index in [0.29, 0.717) is 6.42 Å². The minimum Gasteiger partial charge on any atom is -0.445 e. The molecule has 1 aromatic rings. The molecule has 6 nitrogen and oxygen atoms in total. The van der Waals surface area contributed by atoms with Crippen LogP contribution in [0, 0.1) is 0 Å². The molecule has 21 heavy (non-hydrogen) atoms. The molecule has 0 bridgehead atoms. The van der Waals surface area contributed by atoms with Crippen molar-refractivity contribution in [2.24, 2.45) is 0 Å². The zero-order valence-electron chi connectivity index (χ0n) is 13.6. The number of hydrogen-bond acceptors (Lipinski definition) is 4. The first-order valence-corrected chi connectivity index (χ1v) is 6.74. The number of likely N-dealkylation sites (N-methyl/N-ethyl adjacent to an activating group) is 1. The summed E-state index contributed by atoms with van der Waals surface area (Å²) in [5.74, 6) is -0.659. The van der Waals surface area contributed by atoms with Gasteiger partial charge in [-0.15, -0.1) is 0 Å². The lowest BCUT2D eigenvalue weighted by Gasteiger charge is -2.22. The Morgan fingerprint density at radius 3 is 2.62 bits per heavy atom. The first kappa shape index (κ1) is 15.3. The maximum absolute atomic E-state index is 12.1. The summed E-state index contributed by atoms with van der Waals surface area (Å²) in [5.41, 5.74) is 0.823. The van der Waals surface area contributed by atoms with Crippen molar-refractivity contribution < 1.29 is 20.5 Å². The number of carbonyl (C=O) groups is 2. The monoisotopic (exact) mass is 295 g/mol. The number of carbonyl (C=O) groups excluding carboxylic acids is 2. The molecular weight excluding hydrogens is 272 g/mol. The standard InChI is InChI=1S/C15H22N2O4/c1-4-8-13(14(18)17(2)20-3)16-15(19)21-11-12-9-6-5-7-10-12/h5-7,9-10,13H,4,8,11H2,1-3H3,(H,16,19)/t13-/m0/s1/i13D. The number of nitrogens with one attached hydrogen (secondary N) is 1. The van der Waals surface area contributed by atoms with E-state index in [-0.39, 0.29) is 13.0 Å². The molecule has 0 radical (unpaired) electrons. The molecule has 0 saturated heterocycles.